The molecule has 0 unspecified atom stereocenters. The summed E-state index contributed by atoms with van der Waals surface area (Å²) in [5, 5.41) is 24.2. The van der Waals surface area contributed by atoms with E-state index in [1.54, 1.807) is 41.5 Å². The van der Waals surface area contributed by atoms with Crippen LogP contribution in [0.15, 0.2) is 16.7 Å². The minimum atomic E-state index is -0.167. The Kier molecular flexibility index (Phi) is 21.3. The van der Waals surface area contributed by atoms with Crippen LogP contribution < -0.4 is 0 Å². The Bertz CT molecular complexity index is 318. The van der Waals surface area contributed by atoms with Gasteiger partial charge in [-0.25, -0.2) is 5.57 Å². The van der Waals surface area contributed by atoms with Crippen LogP contribution in [0.4, 0.5) is 0 Å². The molecule has 0 aromatic carbocycles. The van der Waals surface area contributed by atoms with Crippen molar-refractivity contribution in [3.63, 3.8) is 0 Å². The second-order valence-corrected chi connectivity index (χ2v) is 6.91. The number of rotatable bonds is 0. The molecule has 0 bridgehead atoms. The third kappa shape index (κ3) is 24.6. The van der Waals surface area contributed by atoms with Crippen molar-refractivity contribution in [1.82, 2.24) is 0 Å². The van der Waals surface area contributed by atoms with Crippen molar-refractivity contribution in [1.29, 1.82) is 0 Å². The van der Waals surface area contributed by atoms with Gasteiger partial charge in [0.2, 0.25) is 0 Å². The number of allylic oxidation sites excluding steroid dienone is 4. The first kappa shape index (κ1) is 31.1. The van der Waals surface area contributed by atoms with Crippen LogP contribution in [-0.2, 0) is 26.2 Å². The molecule has 138 valence electrons. The van der Waals surface area contributed by atoms with Crippen molar-refractivity contribution < 1.29 is 41.5 Å². The van der Waals surface area contributed by atoms with Gasteiger partial charge in [-0.3, -0.25) is 6.08 Å². The zero-order chi connectivity index (χ0) is 18.7. The quantitative estimate of drug-likeness (QED) is 0.526. The van der Waals surface area contributed by atoms with Gasteiger partial charge in [0.25, 0.3) is 0 Å². The SMILES string of the molecule is CC(C)O.CC(C)O.CC(C)O.CC1=[C-]C(C)(C)C(C)=C1C.[Zr]. The van der Waals surface area contributed by atoms with Crippen molar-refractivity contribution in [2.24, 2.45) is 5.41 Å². The van der Waals surface area contributed by atoms with Crippen LogP contribution in [0.5, 0.6) is 0 Å². The molecule has 0 saturated carbocycles. The van der Waals surface area contributed by atoms with E-state index in [1.807, 2.05) is 0 Å². The van der Waals surface area contributed by atoms with E-state index in [0.717, 1.165) is 0 Å². The molecular weight excluding hydrogens is 367 g/mol. The van der Waals surface area contributed by atoms with E-state index < -0.39 is 0 Å². The van der Waals surface area contributed by atoms with Crippen LogP contribution >= 0.6 is 0 Å². The van der Waals surface area contributed by atoms with Crippen molar-refractivity contribution in [2.75, 3.05) is 0 Å². The minimum absolute atomic E-state index is 0. The predicted molar refractivity (Wildman–Crippen MR) is 96.6 cm³/mol. The molecule has 23 heavy (non-hydrogen) atoms. The van der Waals surface area contributed by atoms with Crippen LogP contribution in [-0.4, -0.2) is 33.6 Å². The van der Waals surface area contributed by atoms with Gasteiger partial charge in [-0.15, -0.1) is 6.92 Å². The maximum Gasteiger partial charge on any atom is 0.0483 e. The van der Waals surface area contributed by atoms with Crippen LogP contribution in [0.1, 0.15) is 76.2 Å². The van der Waals surface area contributed by atoms with E-state index in [9.17, 15) is 0 Å². The molecule has 0 radical (unpaired) electrons. The summed E-state index contributed by atoms with van der Waals surface area (Å²) in [5.74, 6) is 0. The molecule has 0 saturated heterocycles. The smallest absolute Gasteiger partial charge is 0.0483 e. The number of hydrogen-bond donors (Lipinski definition) is 3. The average Bonchev–Trinajstić information content (AvgIpc) is 2.39. The molecule has 4 heteroatoms. The molecule has 3 N–H and O–H groups in total. The minimum Gasteiger partial charge on any atom is -0.394 e. The summed E-state index contributed by atoms with van der Waals surface area (Å²) in [5.41, 5.74) is 4.39. The Labute approximate surface area is 164 Å². The summed E-state index contributed by atoms with van der Waals surface area (Å²) in [6.45, 7) is 21.3. The third-order valence-electron chi connectivity index (χ3n) is 2.56. The van der Waals surface area contributed by atoms with Gasteiger partial charge in [-0.05, 0) is 41.5 Å². The molecule has 3 nitrogen and oxygen atoms in total. The van der Waals surface area contributed by atoms with E-state index in [-0.39, 0.29) is 49.9 Å². The molecule has 0 amide bonds. The standard InChI is InChI=1S/C10H15.3C3H8O.Zr/c1-7-6-10(4,5)9(3)8(7)2;3*1-3(2)4;/h1-5H3;3*3-4H,1-2H3;/q-1;;;;. The first-order chi connectivity index (χ1) is 9.65. The zero-order valence-corrected chi connectivity index (χ0v) is 19.5. The van der Waals surface area contributed by atoms with Gasteiger partial charge in [0.05, 0.1) is 0 Å². The van der Waals surface area contributed by atoms with E-state index in [2.05, 4.69) is 40.7 Å². The van der Waals surface area contributed by atoms with Crippen LogP contribution in [0, 0.1) is 11.5 Å². The molecule has 0 heterocycles. The Hall–Kier alpha value is 0.243. The van der Waals surface area contributed by atoms with Gasteiger partial charge in [0.1, 0.15) is 0 Å². The summed E-state index contributed by atoms with van der Waals surface area (Å²) < 4.78 is 0. The topological polar surface area (TPSA) is 60.7 Å². The number of hydrogen-bond acceptors (Lipinski definition) is 3. The molecule has 1 aliphatic rings. The molecule has 0 aliphatic heterocycles. The largest absolute Gasteiger partial charge is 0.394 e. The monoisotopic (exact) mass is 405 g/mol. The number of aliphatic hydroxyl groups is 3. The zero-order valence-electron chi connectivity index (χ0n) is 17.1. The van der Waals surface area contributed by atoms with Gasteiger partial charge in [-0.1, -0.05) is 33.1 Å². The fourth-order valence-corrected chi connectivity index (χ4v) is 1.41. The first-order valence-electron chi connectivity index (χ1n) is 7.99. The van der Waals surface area contributed by atoms with Crippen molar-refractivity contribution in [3.8, 4) is 0 Å². The second-order valence-electron chi connectivity index (χ2n) is 6.91. The Morgan fingerprint density at radius 1 is 0.739 bits per heavy atom. The van der Waals surface area contributed by atoms with Crippen molar-refractivity contribution >= 4 is 0 Å². The van der Waals surface area contributed by atoms with Crippen LogP contribution in [0.25, 0.3) is 0 Å². The van der Waals surface area contributed by atoms with Gasteiger partial charge in [-0.2, -0.15) is 11.1 Å². The summed E-state index contributed by atoms with van der Waals surface area (Å²) in [7, 11) is 0. The van der Waals surface area contributed by atoms with E-state index in [4.69, 9.17) is 15.3 Å². The fourth-order valence-electron chi connectivity index (χ4n) is 1.41. The molecule has 0 aromatic rings. The normalized spacial score (nSPS) is 14.9. The average molecular weight is 407 g/mol. The molecule has 0 spiro atoms. The van der Waals surface area contributed by atoms with Crippen LogP contribution in [0.3, 0.4) is 0 Å². The van der Waals surface area contributed by atoms with Crippen molar-refractivity contribution in [2.45, 2.75) is 94.5 Å². The molecule has 1 rings (SSSR count). The molecule has 0 atom stereocenters. The fraction of sp³-hybridized carbons (Fsp3) is 0.789. The van der Waals surface area contributed by atoms with Crippen LogP contribution in [0.2, 0.25) is 0 Å². The third-order valence-corrected chi connectivity index (χ3v) is 2.56. The predicted octanol–water partition coefficient (Wildman–Crippen LogP) is 4.27. The maximum atomic E-state index is 8.06. The molecule has 0 fully saturated rings. The van der Waals surface area contributed by atoms with Gasteiger partial charge >= 0.3 is 0 Å². The van der Waals surface area contributed by atoms with E-state index >= 15 is 0 Å². The molecule has 1 aliphatic carbocycles. The molecular formula is C19H39O3Zr-. The van der Waals surface area contributed by atoms with Gasteiger partial charge in [0, 0.05) is 44.5 Å². The Balaban J connectivity index is -0.000000118. The summed E-state index contributed by atoms with van der Waals surface area (Å²) in [4.78, 5) is 0. The van der Waals surface area contributed by atoms with E-state index in [1.165, 1.54) is 16.7 Å². The Morgan fingerprint density at radius 2 is 0.957 bits per heavy atom. The first-order valence-corrected chi connectivity index (χ1v) is 7.99. The summed E-state index contributed by atoms with van der Waals surface area (Å²) in [6, 6.07) is 0. The second kappa shape index (κ2) is 15.8. The van der Waals surface area contributed by atoms with Crippen molar-refractivity contribution in [3.05, 3.63) is 22.8 Å². The van der Waals surface area contributed by atoms with Gasteiger partial charge in [0.15, 0.2) is 0 Å². The summed E-state index contributed by atoms with van der Waals surface area (Å²) in [6.07, 6.45) is 2.94. The van der Waals surface area contributed by atoms with Gasteiger partial charge < -0.3 is 15.3 Å². The van der Waals surface area contributed by atoms with E-state index in [0.29, 0.717) is 0 Å². The maximum absolute atomic E-state index is 8.06. The Morgan fingerprint density at radius 3 is 1.00 bits per heavy atom. The number of aliphatic hydroxyl groups excluding tert-OH is 3. The molecule has 0 aromatic heterocycles. The summed E-state index contributed by atoms with van der Waals surface area (Å²) >= 11 is 0.